The molecule has 1 aliphatic heterocycles. The average molecular weight is 335 g/mol. The maximum Gasteiger partial charge on any atom is 0.263 e. The first kappa shape index (κ1) is 15.9. The molecule has 0 saturated carbocycles. The molecular formula is C15H21N5O2S. The summed E-state index contributed by atoms with van der Waals surface area (Å²) < 4.78 is 7.37. The molecule has 1 fully saturated rings. The quantitative estimate of drug-likeness (QED) is 0.889. The lowest BCUT2D eigenvalue weighted by Gasteiger charge is -2.25. The van der Waals surface area contributed by atoms with Gasteiger partial charge in [0, 0.05) is 38.6 Å². The molecule has 2 aromatic heterocycles. The molecule has 2 aromatic rings. The molecule has 23 heavy (non-hydrogen) atoms. The van der Waals surface area contributed by atoms with Crippen molar-refractivity contribution in [3.8, 4) is 0 Å². The molecule has 0 aliphatic carbocycles. The van der Waals surface area contributed by atoms with Crippen molar-refractivity contribution in [2.45, 2.75) is 20.4 Å². The van der Waals surface area contributed by atoms with E-state index < -0.39 is 0 Å². The number of hydrogen-bond acceptors (Lipinski definition) is 6. The van der Waals surface area contributed by atoms with Crippen LogP contribution in [0.2, 0.25) is 0 Å². The number of amides is 1. The maximum absolute atomic E-state index is 12.4. The molecule has 1 N–H and O–H groups in total. The van der Waals surface area contributed by atoms with Crippen LogP contribution >= 0.6 is 11.3 Å². The Bertz CT molecular complexity index is 675. The second kappa shape index (κ2) is 7.10. The summed E-state index contributed by atoms with van der Waals surface area (Å²) in [5, 5.41) is 3.87. The van der Waals surface area contributed by atoms with E-state index in [0.717, 1.165) is 29.7 Å². The van der Waals surface area contributed by atoms with Crippen LogP contribution in [0.5, 0.6) is 0 Å². The first-order valence-corrected chi connectivity index (χ1v) is 8.53. The van der Waals surface area contributed by atoms with Gasteiger partial charge in [-0.1, -0.05) is 11.3 Å². The van der Waals surface area contributed by atoms with Crippen LogP contribution in [0.3, 0.4) is 0 Å². The number of rotatable bonds is 5. The molecule has 1 saturated heterocycles. The number of aromatic nitrogens is 3. The standard InChI is InChI=1S/C15H21N5O2S/c1-11-13(23-15(18-11)20-7-9-22-10-8-20)14(21)17-4-6-19-5-3-16-12(19)2/h3,5H,4,6-10H2,1-2H3,(H,17,21). The molecule has 0 aromatic carbocycles. The number of anilines is 1. The minimum absolute atomic E-state index is 0.0581. The van der Waals surface area contributed by atoms with Crippen LogP contribution in [0.25, 0.3) is 0 Å². The summed E-state index contributed by atoms with van der Waals surface area (Å²) in [7, 11) is 0. The predicted octanol–water partition coefficient (Wildman–Crippen LogP) is 1.22. The Morgan fingerprint density at radius 2 is 2.17 bits per heavy atom. The largest absolute Gasteiger partial charge is 0.378 e. The maximum atomic E-state index is 12.4. The molecule has 124 valence electrons. The molecule has 0 radical (unpaired) electrons. The number of carbonyl (C=O) groups excluding carboxylic acids is 1. The number of nitrogens with zero attached hydrogens (tertiary/aromatic N) is 4. The third-order valence-electron chi connectivity index (χ3n) is 3.84. The Labute approximate surface area is 139 Å². The number of aryl methyl sites for hydroxylation is 2. The summed E-state index contributed by atoms with van der Waals surface area (Å²) in [6.45, 7) is 8.20. The van der Waals surface area contributed by atoms with Crippen LogP contribution in [-0.2, 0) is 11.3 Å². The topological polar surface area (TPSA) is 72.3 Å². The summed E-state index contributed by atoms with van der Waals surface area (Å²) in [5.41, 5.74) is 0.785. The lowest BCUT2D eigenvalue weighted by atomic mass is 10.3. The highest BCUT2D eigenvalue weighted by atomic mass is 32.1. The van der Waals surface area contributed by atoms with Gasteiger partial charge in [-0.15, -0.1) is 0 Å². The van der Waals surface area contributed by atoms with Crippen molar-refractivity contribution in [2.24, 2.45) is 0 Å². The molecule has 0 atom stereocenters. The fraction of sp³-hybridized carbons (Fsp3) is 0.533. The summed E-state index contributed by atoms with van der Waals surface area (Å²) in [6, 6.07) is 0. The first-order valence-electron chi connectivity index (χ1n) is 7.71. The number of thiazole rings is 1. The minimum Gasteiger partial charge on any atom is -0.378 e. The van der Waals surface area contributed by atoms with E-state index in [4.69, 9.17) is 4.74 Å². The van der Waals surface area contributed by atoms with Gasteiger partial charge in [-0.3, -0.25) is 4.79 Å². The van der Waals surface area contributed by atoms with Crippen molar-refractivity contribution in [2.75, 3.05) is 37.7 Å². The van der Waals surface area contributed by atoms with Gasteiger partial charge in [0.1, 0.15) is 10.7 Å². The molecule has 1 aliphatic rings. The highest BCUT2D eigenvalue weighted by molar-refractivity contribution is 7.17. The van der Waals surface area contributed by atoms with Gasteiger partial charge in [-0.25, -0.2) is 9.97 Å². The van der Waals surface area contributed by atoms with E-state index in [1.807, 2.05) is 24.6 Å². The second-order valence-electron chi connectivity index (χ2n) is 5.43. The second-order valence-corrected chi connectivity index (χ2v) is 6.41. The van der Waals surface area contributed by atoms with Crippen LogP contribution in [0.1, 0.15) is 21.2 Å². The van der Waals surface area contributed by atoms with Crippen LogP contribution < -0.4 is 10.2 Å². The third-order valence-corrected chi connectivity index (χ3v) is 5.05. The Balaban J connectivity index is 1.58. The van der Waals surface area contributed by atoms with Crippen molar-refractivity contribution in [1.82, 2.24) is 19.9 Å². The zero-order valence-corrected chi connectivity index (χ0v) is 14.2. The highest BCUT2D eigenvalue weighted by Gasteiger charge is 2.20. The molecule has 8 heteroatoms. The smallest absolute Gasteiger partial charge is 0.263 e. The van der Waals surface area contributed by atoms with Crippen molar-refractivity contribution in [1.29, 1.82) is 0 Å². The molecule has 0 unspecified atom stereocenters. The number of ether oxygens (including phenoxy) is 1. The summed E-state index contributed by atoms with van der Waals surface area (Å²) in [5.74, 6) is 0.889. The monoisotopic (exact) mass is 335 g/mol. The predicted molar refractivity (Wildman–Crippen MR) is 89.2 cm³/mol. The number of morpholine rings is 1. The van der Waals surface area contributed by atoms with E-state index >= 15 is 0 Å². The molecule has 0 bridgehead atoms. The van der Waals surface area contributed by atoms with Gasteiger partial charge < -0.3 is 19.5 Å². The fourth-order valence-electron chi connectivity index (χ4n) is 2.49. The van der Waals surface area contributed by atoms with Crippen LogP contribution in [0, 0.1) is 13.8 Å². The van der Waals surface area contributed by atoms with Crippen molar-refractivity contribution in [3.63, 3.8) is 0 Å². The molecule has 1 amide bonds. The van der Waals surface area contributed by atoms with Gasteiger partial charge in [-0.05, 0) is 13.8 Å². The Morgan fingerprint density at radius 1 is 1.39 bits per heavy atom. The Kier molecular flexibility index (Phi) is 4.92. The van der Waals surface area contributed by atoms with Gasteiger partial charge in [0.2, 0.25) is 0 Å². The van der Waals surface area contributed by atoms with Gasteiger partial charge in [0.15, 0.2) is 5.13 Å². The summed E-state index contributed by atoms with van der Waals surface area (Å²) >= 11 is 1.45. The Morgan fingerprint density at radius 3 is 2.87 bits per heavy atom. The van der Waals surface area contributed by atoms with Gasteiger partial charge in [-0.2, -0.15) is 0 Å². The lowest BCUT2D eigenvalue weighted by Crippen LogP contribution is -2.36. The van der Waals surface area contributed by atoms with E-state index in [-0.39, 0.29) is 5.91 Å². The number of hydrogen-bond donors (Lipinski definition) is 1. The number of carbonyl (C=O) groups is 1. The van der Waals surface area contributed by atoms with Crippen LogP contribution in [0.4, 0.5) is 5.13 Å². The lowest BCUT2D eigenvalue weighted by molar-refractivity contribution is 0.0955. The summed E-state index contributed by atoms with van der Waals surface area (Å²) in [4.78, 5) is 23.9. The van der Waals surface area contributed by atoms with Crippen LogP contribution in [-0.4, -0.2) is 53.3 Å². The third kappa shape index (κ3) is 3.70. The van der Waals surface area contributed by atoms with Crippen molar-refractivity contribution >= 4 is 22.4 Å². The SMILES string of the molecule is Cc1nc(N2CCOCC2)sc1C(=O)NCCn1ccnc1C. The zero-order chi connectivity index (χ0) is 16.2. The Hall–Kier alpha value is -1.93. The molecule has 3 rings (SSSR count). The molecular weight excluding hydrogens is 314 g/mol. The van der Waals surface area contributed by atoms with Gasteiger partial charge in [0.25, 0.3) is 5.91 Å². The van der Waals surface area contributed by atoms with E-state index in [9.17, 15) is 4.79 Å². The van der Waals surface area contributed by atoms with E-state index in [2.05, 4.69) is 20.2 Å². The fourth-order valence-corrected chi connectivity index (χ4v) is 3.53. The van der Waals surface area contributed by atoms with Gasteiger partial charge in [0.05, 0.1) is 18.9 Å². The molecule has 0 spiro atoms. The number of imidazole rings is 1. The van der Waals surface area contributed by atoms with Crippen molar-refractivity contribution in [3.05, 3.63) is 28.8 Å². The highest BCUT2D eigenvalue weighted by Crippen LogP contribution is 2.26. The molecule has 3 heterocycles. The normalized spacial score (nSPS) is 15.0. The van der Waals surface area contributed by atoms with E-state index in [1.54, 1.807) is 6.20 Å². The minimum atomic E-state index is -0.0581. The first-order chi connectivity index (χ1) is 11.1. The average Bonchev–Trinajstić information content (AvgIpc) is 3.14. The van der Waals surface area contributed by atoms with E-state index in [0.29, 0.717) is 31.2 Å². The van der Waals surface area contributed by atoms with Gasteiger partial charge >= 0.3 is 0 Å². The molecule has 7 nitrogen and oxygen atoms in total. The zero-order valence-electron chi connectivity index (χ0n) is 13.4. The van der Waals surface area contributed by atoms with Crippen molar-refractivity contribution < 1.29 is 9.53 Å². The van der Waals surface area contributed by atoms with E-state index in [1.165, 1.54) is 11.3 Å². The summed E-state index contributed by atoms with van der Waals surface area (Å²) in [6.07, 6.45) is 3.68. The van der Waals surface area contributed by atoms with Crippen LogP contribution in [0.15, 0.2) is 12.4 Å². The number of nitrogens with one attached hydrogen (secondary N) is 1.